The monoisotopic (exact) mass is 234 g/mol. The van der Waals surface area contributed by atoms with Gasteiger partial charge < -0.3 is 0 Å². The molecule has 1 aliphatic rings. The number of nitrogens with zero attached hydrogens (tertiary/aromatic N) is 1. The molecule has 1 saturated heterocycles. The molecule has 0 radical (unpaired) electrons. The van der Waals surface area contributed by atoms with Gasteiger partial charge >= 0.3 is 0 Å². The van der Waals surface area contributed by atoms with E-state index in [2.05, 4.69) is 16.9 Å². The van der Waals surface area contributed by atoms with Crippen molar-refractivity contribution in [3.05, 3.63) is 24.8 Å². The lowest BCUT2D eigenvalue weighted by Crippen LogP contribution is -2.43. The number of nitrogens with one attached hydrogen (secondary N) is 1. The Hall–Kier alpha value is -1.71. The van der Waals surface area contributed by atoms with Crippen LogP contribution in [0.3, 0.4) is 0 Å². The molecule has 4 heteroatoms. The minimum absolute atomic E-state index is 0.116. The molecule has 2 amide bonds. The van der Waals surface area contributed by atoms with Crippen LogP contribution in [-0.2, 0) is 9.59 Å². The van der Waals surface area contributed by atoms with Crippen molar-refractivity contribution < 1.29 is 9.59 Å². The SMILES string of the molecule is C=C/C=C\C(=NC(C)C)C1CCC(=O)NC1=O. The number of piperidine rings is 1. The summed E-state index contributed by atoms with van der Waals surface area (Å²) >= 11 is 0. The summed E-state index contributed by atoms with van der Waals surface area (Å²) < 4.78 is 0. The normalized spacial score (nSPS) is 22.1. The molecule has 0 aliphatic carbocycles. The fraction of sp³-hybridized carbons (Fsp3) is 0.462. The minimum Gasteiger partial charge on any atom is -0.296 e. The van der Waals surface area contributed by atoms with E-state index in [4.69, 9.17) is 0 Å². The smallest absolute Gasteiger partial charge is 0.235 e. The molecule has 0 spiro atoms. The van der Waals surface area contributed by atoms with Crippen LogP contribution in [0.25, 0.3) is 0 Å². The van der Waals surface area contributed by atoms with Gasteiger partial charge in [-0.25, -0.2) is 0 Å². The Morgan fingerprint density at radius 2 is 2.24 bits per heavy atom. The van der Waals surface area contributed by atoms with E-state index in [1.165, 1.54) is 0 Å². The molecule has 1 rings (SSSR count). The first-order valence-corrected chi connectivity index (χ1v) is 5.75. The maximum Gasteiger partial charge on any atom is 0.235 e. The molecule has 0 aromatic rings. The summed E-state index contributed by atoms with van der Waals surface area (Å²) in [6.45, 7) is 7.50. The van der Waals surface area contributed by atoms with Crippen LogP contribution in [-0.4, -0.2) is 23.6 Å². The number of imide groups is 1. The van der Waals surface area contributed by atoms with Crippen LogP contribution in [0, 0.1) is 5.92 Å². The molecule has 0 aromatic carbocycles. The Morgan fingerprint density at radius 1 is 1.53 bits per heavy atom. The summed E-state index contributed by atoms with van der Waals surface area (Å²) in [5.74, 6) is -0.788. The Kier molecular flexibility index (Phi) is 4.82. The Balaban J connectivity index is 2.90. The second-order valence-electron chi connectivity index (χ2n) is 4.25. The molecule has 0 saturated carbocycles. The Labute approximate surface area is 102 Å². The minimum atomic E-state index is -0.328. The average molecular weight is 234 g/mol. The summed E-state index contributed by atoms with van der Waals surface area (Å²) in [5, 5.41) is 2.34. The third-order valence-electron chi connectivity index (χ3n) is 2.41. The van der Waals surface area contributed by atoms with E-state index in [1.807, 2.05) is 13.8 Å². The van der Waals surface area contributed by atoms with Gasteiger partial charge in [-0.2, -0.15) is 0 Å². The van der Waals surface area contributed by atoms with Crippen LogP contribution in [0.15, 0.2) is 29.8 Å². The van der Waals surface area contributed by atoms with Crippen molar-refractivity contribution in [2.24, 2.45) is 10.9 Å². The third kappa shape index (κ3) is 3.98. The van der Waals surface area contributed by atoms with Crippen molar-refractivity contribution in [2.45, 2.75) is 32.7 Å². The number of amides is 2. The van der Waals surface area contributed by atoms with Gasteiger partial charge in [0, 0.05) is 18.2 Å². The van der Waals surface area contributed by atoms with E-state index in [1.54, 1.807) is 18.2 Å². The number of carbonyl (C=O) groups is 2. The first-order chi connectivity index (χ1) is 8.04. The van der Waals surface area contributed by atoms with Crippen molar-refractivity contribution >= 4 is 17.5 Å². The molecule has 4 nitrogen and oxygen atoms in total. The number of aliphatic imine (C=N–C) groups is 1. The molecule has 0 aromatic heterocycles. The van der Waals surface area contributed by atoms with Crippen LogP contribution in [0.4, 0.5) is 0 Å². The third-order valence-corrected chi connectivity index (χ3v) is 2.41. The highest BCUT2D eigenvalue weighted by atomic mass is 16.2. The van der Waals surface area contributed by atoms with E-state index in [0.29, 0.717) is 18.6 Å². The fourth-order valence-corrected chi connectivity index (χ4v) is 1.69. The number of carbonyl (C=O) groups excluding carboxylic acids is 2. The quantitative estimate of drug-likeness (QED) is 0.456. The lowest BCUT2D eigenvalue weighted by molar-refractivity contribution is -0.134. The summed E-state index contributed by atoms with van der Waals surface area (Å²) in [7, 11) is 0. The molecule has 1 unspecified atom stereocenters. The summed E-state index contributed by atoms with van der Waals surface area (Å²) in [5.41, 5.74) is 0.713. The van der Waals surface area contributed by atoms with Gasteiger partial charge in [0.2, 0.25) is 11.8 Å². The van der Waals surface area contributed by atoms with Crippen molar-refractivity contribution in [3.63, 3.8) is 0 Å². The number of hydrogen-bond donors (Lipinski definition) is 1. The second kappa shape index (κ2) is 6.13. The zero-order valence-corrected chi connectivity index (χ0v) is 10.3. The molecule has 0 bridgehead atoms. The number of allylic oxidation sites excluding steroid dienone is 3. The van der Waals surface area contributed by atoms with Crippen molar-refractivity contribution in [2.75, 3.05) is 0 Å². The molecule has 1 fully saturated rings. The molecule has 1 aliphatic heterocycles. The van der Waals surface area contributed by atoms with Gasteiger partial charge in [0.15, 0.2) is 0 Å². The summed E-state index contributed by atoms with van der Waals surface area (Å²) in [6.07, 6.45) is 6.08. The van der Waals surface area contributed by atoms with Crippen molar-refractivity contribution in [3.8, 4) is 0 Å². The Morgan fingerprint density at radius 3 is 2.76 bits per heavy atom. The predicted molar refractivity (Wildman–Crippen MR) is 67.8 cm³/mol. The van der Waals surface area contributed by atoms with Crippen molar-refractivity contribution in [1.82, 2.24) is 5.32 Å². The molecule has 1 atom stereocenters. The van der Waals surface area contributed by atoms with Gasteiger partial charge in [-0.15, -0.1) is 0 Å². The molecule has 1 N–H and O–H groups in total. The topological polar surface area (TPSA) is 58.5 Å². The highest BCUT2D eigenvalue weighted by Crippen LogP contribution is 2.16. The lowest BCUT2D eigenvalue weighted by atomic mass is 9.92. The standard InChI is InChI=1S/C13H18N2O2/c1-4-5-6-11(14-9(2)3)10-7-8-12(16)15-13(10)17/h4-6,9-10H,1,7-8H2,2-3H3,(H,15,16,17)/b6-5-,14-11?. The number of hydrogen-bond acceptors (Lipinski definition) is 3. The van der Waals surface area contributed by atoms with Crippen LogP contribution in [0.5, 0.6) is 0 Å². The van der Waals surface area contributed by atoms with Gasteiger partial charge in [0.05, 0.1) is 5.92 Å². The molecular formula is C13H18N2O2. The highest BCUT2D eigenvalue weighted by molar-refractivity contribution is 6.14. The average Bonchev–Trinajstić information content (AvgIpc) is 2.24. The Bertz CT molecular complexity index is 381. The first kappa shape index (κ1) is 13.4. The molecular weight excluding hydrogens is 216 g/mol. The molecule has 92 valence electrons. The van der Waals surface area contributed by atoms with E-state index < -0.39 is 0 Å². The van der Waals surface area contributed by atoms with E-state index in [-0.39, 0.29) is 23.8 Å². The maximum atomic E-state index is 11.7. The van der Waals surface area contributed by atoms with Crippen LogP contribution in [0.2, 0.25) is 0 Å². The predicted octanol–water partition coefficient (Wildman–Crippen LogP) is 1.63. The maximum absolute atomic E-state index is 11.7. The zero-order chi connectivity index (χ0) is 12.8. The van der Waals surface area contributed by atoms with Crippen LogP contribution < -0.4 is 5.32 Å². The first-order valence-electron chi connectivity index (χ1n) is 5.75. The largest absolute Gasteiger partial charge is 0.296 e. The van der Waals surface area contributed by atoms with Gasteiger partial charge in [-0.3, -0.25) is 19.9 Å². The number of rotatable bonds is 4. The van der Waals surface area contributed by atoms with Gasteiger partial charge in [-0.1, -0.05) is 18.7 Å². The van der Waals surface area contributed by atoms with Crippen LogP contribution >= 0.6 is 0 Å². The van der Waals surface area contributed by atoms with Crippen LogP contribution in [0.1, 0.15) is 26.7 Å². The second-order valence-corrected chi connectivity index (χ2v) is 4.25. The van der Waals surface area contributed by atoms with Crippen molar-refractivity contribution in [1.29, 1.82) is 0 Å². The lowest BCUT2D eigenvalue weighted by Gasteiger charge is -2.21. The zero-order valence-electron chi connectivity index (χ0n) is 10.3. The highest BCUT2D eigenvalue weighted by Gasteiger charge is 2.29. The van der Waals surface area contributed by atoms with E-state index in [0.717, 1.165) is 0 Å². The summed E-state index contributed by atoms with van der Waals surface area (Å²) in [6, 6.07) is 0.116. The fourth-order valence-electron chi connectivity index (χ4n) is 1.69. The van der Waals surface area contributed by atoms with Gasteiger partial charge in [0.1, 0.15) is 0 Å². The van der Waals surface area contributed by atoms with Gasteiger partial charge in [-0.05, 0) is 26.3 Å². The molecule has 1 heterocycles. The molecule has 17 heavy (non-hydrogen) atoms. The van der Waals surface area contributed by atoms with E-state index >= 15 is 0 Å². The van der Waals surface area contributed by atoms with Gasteiger partial charge in [0.25, 0.3) is 0 Å². The summed E-state index contributed by atoms with van der Waals surface area (Å²) in [4.78, 5) is 27.2. The van der Waals surface area contributed by atoms with E-state index in [9.17, 15) is 9.59 Å².